The molecule has 0 spiro atoms. The van der Waals surface area contributed by atoms with Gasteiger partial charge >= 0.3 is 7.12 Å². The highest BCUT2D eigenvalue weighted by Crippen LogP contribution is 2.38. The van der Waals surface area contributed by atoms with Crippen LogP contribution in [0.15, 0.2) is 152 Å². The van der Waals surface area contributed by atoms with E-state index in [1.165, 1.54) is 44.5 Å². The molecule has 1 aliphatic heterocycles. The lowest BCUT2D eigenvalue weighted by atomic mass is 9.78. The molecule has 1 fully saturated rings. The molecule has 6 aromatic carbocycles. The summed E-state index contributed by atoms with van der Waals surface area (Å²) in [4.78, 5) is 0. The summed E-state index contributed by atoms with van der Waals surface area (Å²) in [6.45, 7) is 8.37. The highest BCUT2D eigenvalue weighted by Gasteiger charge is 2.51. The average molecular weight is 585 g/mol. The van der Waals surface area contributed by atoms with Gasteiger partial charge in [0.2, 0.25) is 0 Å². The lowest BCUT2D eigenvalue weighted by Crippen LogP contribution is -2.41. The van der Waals surface area contributed by atoms with Crippen molar-refractivity contribution < 1.29 is 9.31 Å². The van der Waals surface area contributed by atoms with Gasteiger partial charge in [0.15, 0.2) is 0 Å². The third kappa shape index (κ3) is 5.90. The average Bonchev–Trinajstić information content (AvgIpc) is 3.31. The van der Waals surface area contributed by atoms with Gasteiger partial charge in [-0.05, 0) is 113 Å². The van der Waals surface area contributed by atoms with Gasteiger partial charge in [-0.15, -0.1) is 0 Å². The molecule has 2 nitrogen and oxygen atoms in total. The predicted octanol–water partition coefficient (Wildman–Crippen LogP) is 10.3. The van der Waals surface area contributed by atoms with E-state index in [0.717, 1.165) is 16.6 Å². The summed E-state index contributed by atoms with van der Waals surface area (Å²) < 4.78 is 12.7. The first kappa shape index (κ1) is 29.0. The van der Waals surface area contributed by atoms with Gasteiger partial charge < -0.3 is 9.31 Å². The van der Waals surface area contributed by atoms with Gasteiger partial charge in [-0.1, -0.05) is 127 Å². The molecule has 0 aliphatic carbocycles. The number of hydrogen-bond donors (Lipinski definition) is 0. The maximum Gasteiger partial charge on any atom is 0.494 e. The van der Waals surface area contributed by atoms with Crippen molar-refractivity contribution in [1.82, 2.24) is 0 Å². The molecule has 1 saturated heterocycles. The van der Waals surface area contributed by atoms with Crippen LogP contribution in [0.1, 0.15) is 27.7 Å². The van der Waals surface area contributed by atoms with Gasteiger partial charge in [-0.25, -0.2) is 0 Å². The van der Waals surface area contributed by atoms with E-state index in [1.54, 1.807) is 0 Å². The Kier molecular flexibility index (Phi) is 7.53. The second-order valence-electron chi connectivity index (χ2n) is 12.9. The van der Waals surface area contributed by atoms with Crippen LogP contribution in [0, 0.1) is 0 Å². The van der Waals surface area contributed by atoms with Gasteiger partial charge in [0.1, 0.15) is 0 Å². The molecule has 1 aliphatic rings. The highest BCUT2D eigenvalue weighted by atomic mass is 16.7. The Morgan fingerprint density at radius 1 is 0.333 bits per heavy atom. The van der Waals surface area contributed by atoms with E-state index in [9.17, 15) is 0 Å². The highest BCUT2D eigenvalue weighted by molar-refractivity contribution is 6.62. The summed E-state index contributed by atoms with van der Waals surface area (Å²) in [5, 5.41) is 0. The van der Waals surface area contributed by atoms with Crippen molar-refractivity contribution in [3.63, 3.8) is 0 Å². The quantitative estimate of drug-likeness (QED) is 0.181. The van der Waals surface area contributed by atoms with E-state index in [2.05, 4.69) is 179 Å². The van der Waals surface area contributed by atoms with Crippen LogP contribution in [0.3, 0.4) is 0 Å². The molecule has 3 heteroatoms. The van der Waals surface area contributed by atoms with Crippen molar-refractivity contribution in [2.45, 2.75) is 38.9 Å². The second kappa shape index (κ2) is 11.7. The molecule has 0 atom stereocenters. The molecule has 45 heavy (non-hydrogen) atoms. The zero-order valence-corrected chi connectivity index (χ0v) is 26.3. The van der Waals surface area contributed by atoms with Gasteiger partial charge in [0.05, 0.1) is 11.2 Å². The van der Waals surface area contributed by atoms with Crippen LogP contribution in [0.25, 0.3) is 55.6 Å². The first-order valence-corrected chi connectivity index (χ1v) is 15.7. The number of rotatable bonds is 6. The predicted molar refractivity (Wildman–Crippen MR) is 189 cm³/mol. The Bertz CT molecular complexity index is 1930. The van der Waals surface area contributed by atoms with Crippen molar-refractivity contribution >= 4 is 12.6 Å². The first-order chi connectivity index (χ1) is 21.8. The van der Waals surface area contributed by atoms with Crippen molar-refractivity contribution in [2.24, 2.45) is 0 Å². The van der Waals surface area contributed by atoms with Gasteiger partial charge in [0, 0.05) is 0 Å². The molecule has 0 bridgehead atoms. The van der Waals surface area contributed by atoms with Crippen molar-refractivity contribution in [3.8, 4) is 55.6 Å². The molecule has 220 valence electrons. The normalized spacial score (nSPS) is 15.2. The Labute approximate surface area is 267 Å². The van der Waals surface area contributed by atoms with Gasteiger partial charge in [0.25, 0.3) is 0 Å². The standard InChI is InChI=1S/C42H37BO2/c1-41(2)42(3,4)45-43(44-41)40-20-12-19-36(29-40)34-17-11-18-35(25-34)39-27-37(31-15-9-6-10-16-31)26-38(28-39)33-23-21-32(22-24-33)30-13-7-5-8-14-30/h5-29H,1-4H3. The molecule has 0 radical (unpaired) electrons. The van der Waals surface area contributed by atoms with E-state index in [4.69, 9.17) is 9.31 Å². The topological polar surface area (TPSA) is 18.5 Å². The molecule has 0 N–H and O–H groups in total. The van der Waals surface area contributed by atoms with Crippen molar-refractivity contribution in [2.75, 3.05) is 0 Å². The summed E-state index contributed by atoms with van der Waals surface area (Å²) in [6, 6.07) is 54.3. The minimum atomic E-state index is -0.392. The SMILES string of the molecule is CC1(C)OB(c2cccc(-c3cccc(-c4cc(-c5ccccc5)cc(-c5ccc(-c6ccccc6)cc5)c4)c3)c2)OC1(C)C. The van der Waals surface area contributed by atoms with Crippen LogP contribution >= 0.6 is 0 Å². The molecule has 0 aromatic heterocycles. The summed E-state index contributed by atoms with van der Waals surface area (Å²) in [5.41, 5.74) is 12.2. The Morgan fingerprint density at radius 3 is 1.20 bits per heavy atom. The fourth-order valence-corrected chi connectivity index (χ4v) is 5.97. The molecule has 6 aromatic rings. The summed E-state index contributed by atoms with van der Waals surface area (Å²) in [7, 11) is -0.392. The Hall–Kier alpha value is -4.70. The molecule has 1 heterocycles. The smallest absolute Gasteiger partial charge is 0.399 e. The minimum absolute atomic E-state index is 0.378. The van der Waals surface area contributed by atoms with Crippen molar-refractivity contribution in [1.29, 1.82) is 0 Å². The molecule has 7 rings (SSSR count). The lowest BCUT2D eigenvalue weighted by Gasteiger charge is -2.32. The van der Waals surface area contributed by atoms with Crippen LogP contribution < -0.4 is 5.46 Å². The van der Waals surface area contributed by atoms with Crippen LogP contribution in [0.2, 0.25) is 0 Å². The third-order valence-electron chi connectivity index (χ3n) is 9.31. The Balaban J connectivity index is 1.26. The minimum Gasteiger partial charge on any atom is -0.399 e. The summed E-state index contributed by atoms with van der Waals surface area (Å²) in [5.74, 6) is 0. The van der Waals surface area contributed by atoms with Crippen LogP contribution in [-0.2, 0) is 9.31 Å². The zero-order valence-electron chi connectivity index (χ0n) is 26.3. The van der Waals surface area contributed by atoms with Gasteiger partial charge in [-0.3, -0.25) is 0 Å². The third-order valence-corrected chi connectivity index (χ3v) is 9.31. The van der Waals surface area contributed by atoms with Crippen LogP contribution in [0.5, 0.6) is 0 Å². The van der Waals surface area contributed by atoms with Gasteiger partial charge in [-0.2, -0.15) is 0 Å². The number of hydrogen-bond acceptors (Lipinski definition) is 2. The molecule has 0 saturated carbocycles. The first-order valence-electron chi connectivity index (χ1n) is 15.7. The van der Waals surface area contributed by atoms with E-state index in [1.807, 2.05) is 0 Å². The number of benzene rings is 6. The lowest BCUT2D eigenvalue weighted by molar-refractivity contribution is 0.00578. The fourth-order valence-electron chi connectivity index (χ4n) is 5.97. The summed E-state index contributed by atoms with van der Waals surface area (Å²) >= 11 is 0. The monoisotopic (exact) mass is 584 g/mol. The molecular formula is C42H37BO2. The van der Waals surface area contributed by atoms with E-state index in [-0.39, 0.29) is 11.2 Å². The van der Waals surface area contributed by atoms with Crippen LogP contribution in [-0.4, -0.2) is 18.3 Å². The summed E-state index contributed by atoms with van der Waals surface area (Å²) in [6.07, 6.45) is 0. The molecule has 0 amide bonds. The maximum atomic E-state index is 6.35. The molecule has 0 unspecified atom stereocenters. The molecular weight excluding hydrogens is 547 g/mol. The second-order valence-corrected chi connectivity index (χ2v) is 12.9. The zero-order chi connectivity index (χ0) is 31.0. The maximum absolute atomic E-state index is 6.35. The van der Waals surface area contributed by atoms with E-state index < -0.39 is 7.12 Å². The van der Waals surface area contributed by atoms with E-state index in [0.29, 0.717) is 0 Å². The fraction of sp³-hybridized carbons (Fsp3) is 0.143. The van der Waals surface area contributed by atoms with Crippen LogP contribution in [0.4, 0.5) is 0 Å². The van der Waals surface area contributed by atoms with E-state index >= 15 is 0 Å². The van der Waals surface area contributed by atoms with Crippen molar-refractivity contribution in [3.05, 3.63) is 152 Å². The Morgan fingerprint density at radius 2 is 0.667 bits per heavy atom. The largest absolute Gasteiger partial charge is 0.494 e.